The summed E-state index contributed by atoms with van der Waals surface area (Å²) in [6.45, 7) is 4.48. The molecule has 0 unspecified atom stereocenters. The molecule has 0 saturated carbocycles. The predicted molar refractivity (Wildman–Crippen MR) is 237 cm³/mol. The van der Waals surface area contributed by atoms with E-state index in [2.05, 4.69) is 213 Å². The van der Waals surface area contributed by atoms with E-state index in [1.54, 1.807) is 0 Å². The van der Waals surface area contributed by atoms with E-state index in [9.17, 15) is 0 Å². The summed E-state index contributed by atoms with van der Waals surface area (Å²) in [5.41, 5.74) is 15.3. The second-order valence-electron chi connectivity index (χ2n) is 15.4. The molecule has 1 heterocycles. The van der Waals surface area contributed by atoms with Crippen LogP contribution in [0.4, 0.5) is 17.1 Å². The molecule has 1 aromatic heterocycles. The summed E-state index contributed by atoms with van der Waals surface area (Å²) in [6.07, 6.45) is 4.25. The van der Waals surface area contributed by atoms with Gasteiger partial charge in [0.1, 0.15) is 0 Å². The van der Waals surface area contributed by atoms with Crippen LogP contribution < -0.4 is 4.90 Å². The van der Waals surface area contributed by atoms with Crippen LogP contribution in [0.3, 0.4) is 0 Å². The lowest BCUT2D eigenvalue weighted by atomic mass is 9.92. The Morgan fingerprint density at radius 2 is 0.768 bits per heavy atom. The van der Waals surface area contributed by atoms with Crippen LogP contribution in [-0.4, -0.2) is 4.98 Å². The third-order valence-corrected chi connectivity index (χ3v) is 11.3. The fourth-order valence-electron chi connectivity index (χ4n) is 8.32. The van der Waals surface area contributed by atoms with E-state index in [0.29, 0.717) is 0 Å². The number of benzene rings is 8. The van der Waals surface area contributed by atoms with Crippen molar-refractivity contribution < 1.29 is 0 Å². The molecule has 2 heteroatoms. The fraction of sp³-hybridized carbons (Fsp3) is 0.0556. The molecule has 0 aliphatic heterocycles. The molecule has 1 aliphatic carbocycles. The zero-order valence-corrected chi connectivity index (χ0v) is 31.5. The van der Waals surface area contributed by atoms with E-state index < -0.39 is 0 Å². The van der Waals surface area contributed by atoms with E-state index in [4.69, 9.17) is 4.98 Å². The standard InChI is InChI=1S/C54H40N2/c1-54(2)36-52(51-12-7-33-55-53(51)54)43-17-13-39(14-18-43)40-21-27-48(28-22-40)56(49-29-23-41(24-30-49)46-19-15-37-8-3-5-10-44(37)34-46)50-31-25-42(26-32-50)47-20-16-38-9-4-6-11-45(38)35-47/h3-36H,1-2H3. The van der Waals surface area contributed by atoms with Crippen molar-refractivity contribution in [3.63, 3.8) is 0 Å². The Morgan fingerprint density at radius 1 is 0.375 bits per heavy atom. The molecule has 1 aliphatic rings. The van der Waals surface area contributed by atoms with Gasteiger partial charge in [-0.25, -0.2) is 0 Å². The third kappa shape index (κ3) is 6.16. The Bertz CT molecular complexity index is 2780. The molecular weight excluding hydrogens is 677 g/mol. The molecule has 2 nitrogen and oxygen atoms in total. The first kappa shape index (κ1) is 33.5. The van der Waals surface area contributed by atoms with Crippen LogP contribution in [-0.2, 0) is 5.41 Å². The van der Waals surface area contributed by atoms with Gasteiger partial charge in [-0.15, -0.1) is 0 Å². The van der Waals surface area contributed by atoms with Gasteiger partial charge in [0.25, 0.3) is 0 Å². The van der Waals surface area contributed by atoms with Crippen LogP contribution in [0.15, 0.2) is 206 Å². The first-order valence-corrected chi connectivity index (χ1v) is 19.4. The van der Waals surface area contributed by atoms with Crippen LogP contribution in [0.1, 0.15) is 30.7 Å². The number of rotatable bonds is 7. The molecule has 0 saturated heterocycles. The molecule has 0 fully saturated rings. The maximum absolute atomic E-state index is 4.72. The summed E-state index contributed by atoms with van der Waals surface area (Å²) >= 11 is 0. The average Bonchev–Trinajstić information content (AvgIpc) is 3.54. The first-order valence-electron chi connectivity index (χ1n) is 19.4. The minimum Gasteiger partial charge on any atom is -0.311 e. The van der Waals surface area contributed by atoms with Gasteiger partial charge in [0.15, 0.2) is 0 Å². The second kappa shape index (κ2) is 13.7. The largest absolute Gasteiger partial charge is 0.311 e. The number of fused-ring (bicyclic) bond motifs is 3. The monoisotopic (exact) mass is 716 g/mol. The quantitative estimate of drug-likeness (QED) is 0.163. The number of allylic oxidation sites excluding steroid dienone is 1. The van der Waals surface area contributed by atoms with E-state index in [1.807, 2.05) is 12.3 Å². The summed E-state index contributed by atoms with van der Waals surface area (Å²) in [5, 5.41) is 5.01. The number of nitrogens with zero attached hydrogens (tertiary/aromatic N) is 2. The number of hydrogen-bond acceptors (Lipinski definition) is 2. The van der Waals surface area contributed by atoms with Crippen molar-refractivity contribution in [1.82, 2.24) is 4.98 Å². The van der Waals surface area contributed by atoms with Crippen LogP contribution >= 0.6 is 0 Å². The van der Waals surface area contributed by atoms with Crippen LogP contribution in [0, 0.1) is 0 Å². The highest BCUT2D eigenvalue weighted by Gasteiger charge is 2.31. The van der Waals surface area contributed by atoms with Crippen molar-refractivity contribution in [2.75, 3.05) is 4.90 Å². The average molecular weight is 717 g/mol. The molecule has 0 N–H and O–H groups in total. The zero-order chi connectivity index (χ0) is 37.6. The zero-order valence-electron chi connectivity index (χ0n) is 31.5. The highest BCUT2D eigenvalue weighted by Crippen LogP contribution is 2.43. The van der Waals surface area contributed by atoms with Gasteiger partial charge in [0.2, 0.25) is 0 Å². The molecular formula is C54H40N2. The molecule has 10 rings (SSSR count). The van der Waals surface area contributed by atoms with Crippen molar-refractivity contribution in [1.29, 1.82) is 0 Å². The van der Waals surface area contributed by atoms with Crippen LogP contribution in [0.5, 0.6) is 0 Å². The highest BCUT2D eigenvalue weighted by atomic mass is 15.1. The lowest BCUT2D eigenvalue weighted by Gasteiger charge is -2.26. The Hall–Kier alpha value is -7.03. The van der Waals surface area contributed by atoms with Crippen molar-refractivity contribution in [2.24, 2.45) is 0 Å². The van der Waals surface area contributed by atoms with Gasteiger partial charge in [-0.3, -0.25) is 4.98 Å². The smallest absolute Gasteiger partial charge is 0.0576 e. The van der Waals surface area contributed by atoms with Gasteiger partial charge >= 0.3 is 0 Å². The number of pyridine rings is 1. The summed E-state index contributed by atoms with van der Waals surface area (Å²) in [7, 11) is 0. The van der Waals surface area contributed by atoms with Gasteiger partial charge in [-0.1, -0.05) is 159 Å². The molecule has 56 heavy (non-hydrogen) atoms. The lowest BCUT2D eigenvalue weighted by Crippen LogP contribution is -2.12. The first-order chi connectivity index (χ1) is 27.5. The van der Waals surface area contributed by atoms with Gasteiger partial charge in [-0.2, -0.15) is 0 Å². The Labute approximate surface area is 328 Å². The SMILES string of the molecule is CC1(C)C=C(c2ccc(-c3ccc(N(c4ccc(-c5ccc6ccccc6c5)cc4)c4ccc(-c5ccc6ccccc6c5)cc4)cc3)cc2)c2cccnc21. The maximum Gasteiger partial charge on any atom is 0.0576 e. The number of aromatic nitrogens is 1. The molecule has 0 atom stereocenters. The van der Waals surface area contributed by atoms with E-state index in [1.165, 1.54) is 71.6 Å². The molecule has 0 radical (unpaired) electrons. The summed E-state index contributed by atoms with van der Waals surface area (Å²) in [4.78, 5) is 7.07. The van der Waals surface area contributed by atoms with E-state index in [-0.39, 0.29) is 5.41 Å². The third-order valence-electron chi connectivity index (χ3n) is 11.3. The summed E-state index contributed by atoms with van der Waals surface area (Å²) in [6, 6.07) is 70.5. The van der Waals surface area contributed by atoms with E-state index in [0.717, 1.165) is 22.8 Å². The lowest BCUT2D eigenvalue weighted by molar-refractivity contribution is 0.656. The van der Waals surface area contributed by atoms with Crippen LogP contribution in [0.2, 0.25) is 0 Å². The molecule has 8 aromatic carbocycles. The Kier molecular flexibility index (Phi) is 8.19. The number of anilines is 3. The Balaban J connectivity index is 0.978. The van der Waals surface area contributed by atoms with Gasteiger partial charge in [0.05, 0.1) is 5.69 Å². The molecule has 0 amide bonds. The fourth-order valence-corrected chi connectivity index (χ4v) is 8.32. The molecule has 266 valence electrons. The van der Waals surface area contributed by atoms with Crippen LogP contribution in [0.25, 0.3) is 60.5 Å². The van der Waals surface area contributed by atoms with Crippen molar-refractivity contribution in [2.45, 2.75) is 19.3 Å². The predicted octanol–water partition coefficient (Wildman–Crippen LogP) is 14.6. The minimum atomic E-state index is -0.0835. The molecule has 0 bridgehead atoms. The molecule has 0 spiro atoms. The summed E-state index contributed by atoms with van der Waals surface area (Å²) < 4.78 is 0. The second-order valence-corrected chi connectivity index (χ2v) is 15.4. The Morgan fingerprint density at radius 3 is 1.25 bits per heavy atom. The van der Waals surface area contributed by atoms with Crippen molar-refractivity contribution >= 4 is 44.2 Å². The summed E-state index contributed by atoms with van der Waals surface area (Å²) in [5.74, 6) is 0. The molecule has 9 aromatic rings. The maximum atomic E-state index is 4.72. The van der Waals surface area contributed by atoms with Gasteiger partial charge in [0, 0.05) is 34.2 Å². The van der Waals surface area contributed by atoms with Gasteiger partial charge < -0.3 is 4.90 Å². The van der Waals surface area contributed by atoms with Gasteiger partial charge in [-0.05, 0) is 121 Å². The van der Waals surface area contributed by atoms with Crippen molar-refractivity contribution in [3.8, 4) is 33.4 Å². The topological polar surface area (TPSA) is 16.1 Å². The normalized spacial score (nSPS) is 13.1. The highest BCUT2D eigenvalue weighted by molar-refractivity contribution is 5.90. The minimum absolute atomic E-state index is 0.0835. The number of hydrogen-bond donors (Lipinski definition) is 0. The van der Waals surface area contributed by atoms with E-state index >= 15 is 0 Å². The van der Waals surface area contributed by atoms with Crippen molar-refractivity contribution in [3.05, 3.63) is 223 Å².